The molecule has 0 bridgehead atoms. The van der Waals surface area contributed by atoms with Crippen molar-refractivity contribution in [1.82, 2.24) is 4.90 Å². The zero-order valence-corrected chi connectivity index (χ0v) is 16.4. The van der Waals surface area contributed by atoms with E-state index in [-0.39, 0.29) is 29.7 Å². The third-order valence-corrected chi connectivity index (χ3v) is 6.16. The number of carbonyl (C=O) groups is 2. The van der Waals surface area contributed by atoms with Crippen LogP contribution in [-0.4, -0.2) is 49.9 Å². The number of hydrogen-bond acceptors (Lipinski definition) is 5. The molecule has 3 rings (SSSR count). The number of imide groups is 1. The number of hydrogen-bond donors (Lipinski definition) is 0. The van der Waals surface area contributed by atoms with Crippen molar-refractivity contribution in [2.24, 2.45) is 5.92 Å². The lowest BCUT2D eigenvalue weighted by molar-refractivity contribution is -0.129. The van der Waals surface area contributed by atoms with Gasteiger partial charge in [0.25, 0.3) is 5.91 Å². The first-order chi connectivity index (χ1) is 12.9. The molecule has 1 aliphatic carbocycles. The van der Waals surface area contributed by atoms with Gasteiger partial charge in [0.05, 0.1) is 22.9 Å². The van der Waals surface area contributed by atoms with Gasteiger partial charge in [-0.3, -0.25) is 4.79 Å². The van der Waals surface area contributed by atoms with E-state index in [4.69, 9.17) is 26.3 Å². The van der Waals surface area contributed by atoms with Crippen LogP contribution >= 0.6 is 11.6 Å². The second kappa shape index (κ2) is 7.47. The predicted molar refractivity (Wildman–Crippen MR) is 99.4 cm³/mol. The summed E-state index contributed by atoms with van der Waals surface area (Å²) in [6.07, 6.45) is 2.23. The summed E-state index contributed by atoms with van der Waals surface area (Å²) in [6, 6.07) is 4.76. The molecule has 2 aliphatic rings. The molecule has 144 valence electrons. The van der Waals surface area contributed by atoms with Gasteiger partial charge in [0.15, 0.2) is 0 Å². The lowest BCUT2D eigenvalue weighted by Crippen LogP contribution is -2.52. The Morgan fingerprint density at radius 1 is 1.41 bits per heavy atom. The Morgan fingerprint density at radius 2 is 2.15 bits per heavy atom. The van der Waals surface area contributed by atoms with E-state index in [1.54, 1.807) is 27.1 Å². The standard InChI is InChI=1S/C19H22ClN3O4/c1-12-15(7-6-13(9-21)16(12)20)23-17(24)19(22(2)18(23)25)8-4-5-14(19)10-27-11-26-3/h6-7,14H,4-5,8,10-11H2,1-3H3. The Labute approximate surface area is 163 Å². The molecule has 1 aromatic rings. The van der Waals surface area contributed by atoms with Crippen LogP contribution in [0.1, 0.15) is 30.4 Å². The molecule has 1 aromatic carbocycles. The highest BCUT2D eigenvalue weighted by molar-refractivity contribution is 6.33. The largest absolute Gasteiger partial charge is 0.359 e. The number of likely N-dealkylation sites (N-methyl/N-ethyl adjacent to an activating group) is 1. The number of methoxy groups -OCH3 is 1. The van der Waals surface area contributed by atoms with Gasteiger partial charge in [-0.15, -0.1) is 0 Å². The molecule has 3 amide bonds. The lowest BCUT2D eigenvalue weighted by Gasteiger charge is -2.34. The van der Waals surface area contributed by atoms with Crippen molar-refractivity contribution in [3.05, 3.63) is 28.3 Å². The molecular formula is C19H22ClN3O4. The van der Waals surface area contributed by atoms with Crippen molar-refractivity contribution in [2.45, 2.75) is 31.7 Å². The van der Waals surface area contributed by atoms with Crippen LogP contribution in [0.5, 0.6) is 0 Å². The molecule has 1 spiro atoms. The third kappa shape index (κ3) is 2.89. The Kier molecular flexibility index (Phi) is 5.43. The van der Waals surface area contributed by atoms with Crippen LogP contribution in [0.4, 0.5) is 10.5 Å². The maximum atomic E-state index is 13.5. The average molecular weight is 392 g/mol. The summed E-state index contributed by atoms with van der Waals surface area (Å²) in [7, 11) is 3.20. The molecule has 0 N–H and O–H groups in total. The molecule has 27 heavy (non-hydrogen) atoms. The smallest absolute Gasteiger partial charge is 0.332 e. The number of nitriles is 1. The zero-order valence-electron chi connectivity index (χ0n) is 15.6. The van der Waals surface area contributed by atoms with Gasteiger partial charge in [0.2, 0.25) is 0 Å². The highest BCUT2D eigenvalue weighted by Crippen LogP contribution is 2.47. The fourth-order valence-corrected chi connectivity index (χ4v) is 4.44. The second-order valence-electron chi connectivity index (χ2n) is 6.96. The molecule has 1 saturated heterocycles. The van der Waals surface area contributed by atoms with Gasteiger partial charge in [-0.05, 0) is 37.5 Å². The lowest BCUT2D eigenvalue weighted by atomic mass is 9.86. The summed E-state index contributed by atoms with van der Waals surface area (Å²) >= 11 is 6.25. The first-order valence-corrected chi connectivity index (χ1v) is 9.16. The normalized spacial score (nSPS) is 24.9. The van der Waals surface area contributed by atoms with Crippen LogP contribution in [0.15, 0.2) is 12.1 Å². The van der Waals surface area contributed by atoms with Gasteiger partial charge < -0.3 is 14.4 Å². The number of halogens is 1. The van der Waals surface area contributed by atoms with Crippen molar-refractivity contribution in [2.75, 3.05) is 32.5 Å². The van der Waals surface area contributed by atoms with Crippen molar-refractivity contribution < 1.29 is 19.1 Å². The summed E-state index contributed by atoms with van der Waals surface area (Å²) in [4.78, 5) is 29.2. The number of nitrogens with zero attached hydrogens (tertiary/aromatic N) is 3. The molecule has 1 saturated carbocycles. The minimum atomic E-state index is -0.919. The summed E-state index contributed by atoms with van der Waals surface area (Å²) in [5, 5.41) is 9.39. The SMILES string of the molecule is COCOCC1CCCC12C(=O)N(c1ccc(C#N)c(Cl)c1C)C(=O)N2C. The Morgan fingerprint density at radius 3 is 2.81 bits per heavy atom. The molecule has 0 aromatic heterocycles. The topological polar surface area (TPSA) is 82.9 Å². The van der Waals surface area contributed by atoms with E-state index in [1.807, 2.05) is 6.07 Å². The van der Waals surface area contributed by atoms with Crippen LogP contribution < -0.4 is 4.90 Å². The molecule has 7 nitrogen and oxygen atoms in total. The van der Waals surface area contributed by atoms with Gasteiger partial charge >= 0.3 is 6.03 Å². The zero-order chi connectivity index (χ0) is 19.8. The molecule has 1 aliphatic heterocycles. The number of ether oxygens (including phenoxy) is 2. The van der Waals surface area contributed by atoms with Gasteiger partial charge in [-0.2, -0.15) is 5.26 Å². The van der Waals surface area contributed by atoms with Crippen molar-refractivity contribution in [3.8, 4) is 6.07 Å². The Balaban J connectivity index is 1.99. The fraction of sp³-hybridized carbons (Fsp3) is 0.526. The van der Waals surface area contributed by atoms with Crippen molar-refractivity contribution in [1.29, 1.82) is 5.26 Å². The molecule has 8 heteroatoms. The predicted octanol–water partition coefficient (Wildman–Crippen LogP) is 3.08. The summed E-state index contributed by atoms with van der Waals surface area (Å²) in [5.41, 5.74) is 0.346. The minimum absolute atomic E-state index is 0.103. The van der Waals surface area contributed by atoms with E-state index in [0.717, 1.165) is 12.8 Å². The highest BCUT2D eigenvalue weighted by atomic mass is 35.5. The first-order valence-electron chi connectivity index (χ1n) is 8.78. The van der Waals surface area contributed by atoms with E-state index in [1.165, 1.54) is 15.9 Å². The van der Waals surface area contributed by atoms with E-state index in [0.29, 0.717) is 29.8 Å². The Hall–Kier alpha value is -2.14. The van der Waals surface area contributed by atoms with Gasteiger partial charge in [0.1, 0.15) is 18.4 Å². The molecule has 2 unspecified atom stereocenters. The minimum Gasteiger partial charge on any atom is -0.359 e. The van der Waals surface area contributed by atoms with E-state index >= 15 is 0 Å². The van der Waals surface area contributed by atoms with Crippen LogP contribution in [0, 0.1) is 24.2 Å². The van der Waals surface area contributed by atoms with E-state index in [2.05, 4.69) is 0 Å². The van der Waals surface area contributed by atoms with Crippen LogP contribution in [0.2, 0.25) is 5.02 Å². The second-order valence-corrected chi connectivity index (χ2v) is 7.33. The Bertz CT molecular complexity index is 822. The van der Waals surface area contributed by atoms with Crippen molar-refractivity contribution >= 4 is 29.2 Å². The molecule has 2 fully saturated rings. The molecular weight excluding hydrogens is 370 g/mol. The number of urea groups is 1. The number of carbonyl (C=O) groups excluding carboxylic acids is 2. The van der Waals surface area contributed by atoms with Crippen molar-refractivity contribution in [3.63, 3.8) is 0 Å². The maximum absolute atomic E-state index is 13.5. The molecule has 2 atom stereocenters. The van der Waals surface area contributed by atoms with Gasteiger partial charge in [-0.1, -0.05) is 18.0 Å². The first kappa shape index (κ1) is 19.6. The molecule has 0 radical (unpaired) electrons. The summed E-state index contributed by atoms with van der Waals surface area (Å²) in [6.45, 7) is 2.20. The van der Waals surface area contributed by atoms with Gasteiger partial charge in [-0.25, -0.2) is 9.69 Å². The average Bonchev–Trinajstić information content (AvgIpc) is 3.16. The van der Waals surface area contributed by atoms with E-state index < -0.39 is 5.54 Å². The maximum Gasteiger partial charge on any atom is 0.332 e. The monoisotopic (exact) mass is 391 g/mol. The van der Waals surface area contributed by atoms with Crippen LogP contribution in [0.25, 0.3) is 0 Å². The number of anilines is 1. The highest BCUT2D eigenvalue weighted by Gasteiger charge is 2.62. The summed E-state index contributed by atoms with van der Waals surface area (Å²) in [5.74, 6) is -0.365. The quantitative estimate of drug-likeness (QED) is 0.437. The van der Waals surface area contributed by atoms with Crippen LogP contribution in [-0.2, 0) is 14.3 Å². The third-order valence-electron chi connectivity index (χ3n) is 5.68. The van der Waals surface area contributed by atoms with Gasteiger partial charge in [0, 0.05) is 20.1 Å². The number of benzene rings is 1. The van der Waals surface area contributed by atoms with Crippen LogP contribution in [0.3, 0.4) is 0 Å². The fourth-order valence-electron chi connectivity index (χ4n) is 4.24. The summed E-state index contributed by atoms with van der Waals surface area (Å²) < 4.78 is 10.4. The number of rotatable bonds is 5. The number of amides is 3. The molecule has 1 heterocycles. The van der Waals surface area contributed by atoms with E-state index in [9.17, 15) is 9.59 Å².